The van der Waals surface area contributed by atoms with Gasteiger partial charge in [-0.1, -0.05) is 45.0 Å². The van der Waals surface area contributed by atoms with E-state index in [0.717, 1.165) is 12.0 Å². The van der Waals surface area contributed by atoms with Gasteiger partial charge in [-0.2, -0.15) is 0 Å². The van der Waals surface area contributed by atoms with Crippen LogP contribution >= 0.6 is 0 Å². The van der Waals surface area contributed by atoms with Gasteiger partial charge in [0.05, 0.1) is 0 Å². The maximum atomic E-state index is 11.3. The molecule has 1 aromatic heterocycles. The summed E-state index contributed by atoms with van der Waals surface area (Å²) < 4.78 is 24.4. The van der Waals surface area contributed by atoms with Crippen molar-refractivity contribution < 1.29 is 8.42 Å². The minimum Gasteiger partial charge on any atom is -0.333 e. The quantitative estimate of drug-likeness (QED) is 0.945. The average molecular weight is 307 g/mol. The van der Waals surface area contributed by atoms with Crippen LogP contribution in [0.25, 0.3) is 11.4 Å². The number of nitrogens with zero attached hydrogens (tertiary/aromatic N) is 2. The molecule has 0 radical (unpaired) electrons. The highest BCUT2D eigenvalue weighted by molar-refractivity contribution is 7.89. The van der Waals surface area contributed by atoms with Gasteiger partial charge in [0, 0.05) is 18.8 Å². The molecule has 0 bridgehead atoms. The fraction of sp³-hybridized carbons (Fsp3) is 0.400. The summed E-state index contributed by atoms with van der Waals surface area (Å²) in [4.78, 5) is 4.11. The molecule has 0 saturated heterocycles. The van der Waals surface area contributed by atoms with Gasteiger partial charge in [0.25, 0.3) is 10.0 Å². The fourth-order valence-corrected chi connectivity index (χ4v) is 2.75. The Labute approximate surface area is 125 Å². The molecule has 0 aliphatic heterocycles. The van der Waals surface area contributed by atoms with E-state index in [-0.39, 0.29) is 10.4 Å². The first kappa shape index (κ1) is 15.7. The second-order valence-electron chi connectivity index (χ2n) is 6.49. The van der Waals surface area contributed by atoms with Crippen LogP contribution in [0.5, 0.6) is 0 Å². The summed E-state index contributed by atoms with van der Waals surface area (Å²) in [6, 6.07) is 8.00. The van der Waals surface area contributed by atoms with Crippen molar-refractivity contribution >= 4 is 10.0 Å². The molecule has 21 heavy (non-hydrogen) atoms. The number of benzene rings is 1. The van der Waals surface area contributed by atoms with Crippen LogP contribution in [0.3, 0.4) is 0 Å². The number of primary sulfonamides is 1. The van der Waals surface area contributed by atoms with Crippen LogP contribution in [0.2, 0.25) is 0 Å². The monoisotopic (exact) mass is 307 g/mol. The molecule has 0 amide bonds. The summed E-state index contributed by atoms with van der Waals surface area (Å²) in [6.45, 7) is 6.58. The molecule has 1 heterocycles. The van der Waals surface area contributed by atoms with Gasteiger partial charge < -0.3 is 4.57 Å². The third kappa shape index (κ3) is 3.92. The van der Waals surface area contributed by atoms with Crippen molar-refractivity contribution in [3.05, 3.63) is 36.0 Å². The zero-order valence-corrected chi connectivity index (χ0v) is 13.6. The smallest absolute Gasteiger partial charge is 0.257 e. The summed E-state index contributed by atoms with van der Waals surface area (Å²) in [5, 5.41) is 4.99. The molecule has 2 N–H and O–H groups in total. The predicted molar refractivity (Wildman–Crippen MR) is 83.2 cm³/mol. The van der Waals surface area contributed by atoms with Crippen molar-refractivity contribution in [2.75, 3.05) is 0 Å². The van der Waals surface area contributed by atoms with E-state index in [4.69, 9.17) is 5.14 Å². The van der Waals surface area contributed by atoms with Crippen molar-refractivity contribution in [1.82, 2.24) is 9.55 Å². The number of aromatic nitrogens is 2. The standard InChI is InChI=1S/C15H21N3O2S/c1-15(2,3)9-11-5-7-12(8-6-11)14-17-13(10-18(14)4)21(16,19)20/h5-8,10H,9H2,1-4H3,(H2,16,19,20). The van der Waals surface area contributed by atoms with E-state index in [9.17, 15) is 8.42 Å². The Hall–Kier alpha value is -1.66. The van der Waals surface area contributed by atoms with E-state index in [1.54, 1.807) is 11.6 Å². The van der Waals surface area contributed by atoms with E-state index < -0.39 is 10.0 Å². The van der Waals surface area contributed by atoms with Gasteiger partial charge >= 0.3 is 0 Å². The summed E-state index contributed by atoms with van der Waals surface area (Å²) in [5.41, 5.74) is 2.34. The zero-order valence-electron chi connectivity index (χ0n) is 12.8. The number of hydrogen-bond donors (Lipinski definition) is 1. The Bertz CT molecular complexity index is 738. The van der Waals surface area contributed by atoms with Crippen molar-refractivity contribution in [2.45, 2.75) is 32.2 Å². The summed E-state index contributed by atoms with van der Waals surface area (Å²) in [5.74, 6) is 0.585. The van der Waals surface area contributed by atoms with Crippen molar-refractivity contribution in [3.8, 4) is 11.4 Å². The maximum Gasteiger partial charge on any atom is 0.257 e. The van der Waals surface area contributed by atoms with Gasteiger partial charge in [-0.25, -0.2) is 18.5 Å². The van der Waals surface area contributed by atoms with Crippen molar-refractivity contribution in [3.63, 3.8) is 0 Å². The van der Waals surface area contributed by atoms with Crippen LogP contribution < -0.4 is 5.14 Å². The number of imidazole rings is 1. The highest BCUT2D eigenvalue weighted by Crippen LogP contribution is 2.24. The van der Waals surface area contributed by atoms with Crippen LogP contribution in [0, 0.1) is 5.41 Å². The molecular formula is C15H21N3O2S. The molecule has 0 spiro atoms. The van der Waals surface area contributed by atoms with Gasteiger partial charge in [0.1, 0.15) is 5.82 Å². The lowest BCUT2D eigenvalue weighted by atomic mass is 9.88. The molecule has 0 fully saturated rings. The Morgan fingerprint density at radius 1 is 1.19 bits per heavy atom. The summed E-state index contributed by atoms with van der Waals surface area (Å²) in [6.07, 6.45) is 2.41. The summed E-state index contributed by atoms with van der Waals surface area (Å²) >= 11 is 0. The second-order valence-corrected chi connectivity index (χ2v) is 8.00. The molecule has 0 aliphatic rings. The molecule has 2 rings (SSSR count). The molecule has 114 valence electrons. The minimum atomic E-state index is -3.78. The third-order valence-electron chi connectivity index (χ3n) is 3.09. The van der Waals surface area contributed by atoms with E-state index in [1.807, 2.05) is 24.3 Å². The second kappa shape index (κ2) is 5.27. The summed E-state index contributed by atoms with van der Waals surface area (Å²) in [7, 11) is -2.03. The van der Waals surface area contributed by atoms with E-state index in [2.05, 4.69) is 25.8 Å². The van der Waals surface area contributed by atoms with Gasteiger partial charge in [0.15, 0.2) is 5.03 Å². The third-order valence-corrected chi connectivity index (χ3v) is 3.87. The van der Waals surface area contributed by atoms with E-state index in [1.165, 1.54) is 11.8 Å². The lowest BCUT2D eigenvalue weighted by molar-refractivity contribution is 0.411. The largest absolute Gasteiger partial charge is 0.333 e. The normalized spacial score (nSPS) is 12.6. The molecule has 0 unspecified atom stereocenters. The van der Waals surface area contributed by atoms with Crippen LogP contribution in [0.4, 0.5) is 0 Å². The van der Waals surface area contributed by atoms with Crippen LogP contribution in [0.15, 0.2) is 35.5 Å². The van der Waals surface area contributed by atoms with Gasteiger partial charge in [-0.3, -0.25) is 0 Å². The zero-order chi connectivity index (χ0) is 15.8. The number of rotatable bonds is 3. The fourth-order valence-electron chi connectivity index (χ4n) is 2.23. The Morgan fingerprint density at radius 2 is 1.76 bits per heavy atom. The van der Waals surface area contributed by atoms with Gasteiger partial charge in [-0.05, 0) is 17.4 Å². The molecular weight excluding hydrogens is 286 g/mol. The van der Waals surface area contributed by atoms with Crippen molar-refractivity contribution in [2.24, 2.45) is 17.6 Å². The van der Waals surface area contributed by atoms with E-state index in [0.29, 0.717) is 5.82 Å². The van der Waals surface area contributed by atoms with Gasteiger partial charge in [0.2, 0.25) is 0 Å². The van der Waals surface area contributed by atoms with Crippen LogP contribution in [0.1, 0.15) is 26.3 Å². The Kier molecular flexibility index (Phi) is 3.95. The molecule has 1 aromatic carbocycles. The maximum absolute atomic E-state index is 11.3. The van der Waals surface area contributed by atoms with Gasteiger partial charge in [-0.15, -0.1) is 0 Å². The Balaban J connectivity index is 2.33. The van der Waals surface area contributed by atoms with Crippen LogP contribution in [-0.2, 0) is 23.5 Å². The predicted octanol–water partition coefficient (Wildman–Crippen LogP) is 2.32. The van der Waals surface area contributed by atoms with E-state index >= 15 is 0 Å². The molecule has 2 aromatic rings. The lowest BCUT2D eigenvalue weighted by Gasteiger charge is -2.18. The highest BCUT2D eigenvalue weighted by atomic mass is 32.2. The molecule has 0 atom stereocenters. The molecule has 0 saturated carbocycles. The topological polar surface area (TPSA) is 78.0 Å². The first-order valence-corrected chi connectivity index (χ1v) is 8.26. The number of nitrogens with two attached hydrogens (primary N) is 1. The lowest BCUT2D eigenvalue weighted by Crippen LogP contribution is -2.12. The number of aryl methyl sites for hydroxylation is 1. The highest BCUT2D eigenvalue weighted by Gasteiger charge is 2.16. The minimum absolute atomic E-state index is 0.112. The average Bonchev–Trinajstić information content (AvgIpc) is 2.70. The SMILES string of the molecule is Cn1cc(S(N)(=O)=O)nc1-c1ccc(CC(C)(C)C)cc1. The number of sulfonamides is 1. The number of hydrogen-bond acceptors (Lipinski definition) is 3. The first-order chi connectivity index (χ1) is 9.56. The van der Waals surface area contributed by atoms with Crippen LogP contribution in [-0.4, -0.2) is 18.0 Å². The van der Waals surface area contributed by atoms with Crippen molar-refractivity contribution in [1.29, 1.82) is 0 Å². The molecule has 0 aliphatic carbocycles. The molecule has 5 nitrogen and oxygen atoms in total. The first-order valence-electron chi connectivity index (χ1n) is 6.72. The molecule has 6 heteroatoms. The Morgan fingerprint density at radius 3 is 2.19 bits per heavy atom.